The van der Waals surface area contributed by atoms with Crippen LogP contribution in [0.4, 0.5) is 8.78 Å². The number of benzene rings is 3. The van der Waals surface area contributed by atoms with Crippen LogP contribution < -0.4 is 5.32 Å². The van der Waals surface area contributed by atoms with Crippen LogP contribution in [0.15, 0.2) is 78.9 Å². The molecule has 2 heterocycles. The minimum absolute atomic E-state index is 0.111. The molecule has 0 aliphatic carbocycles. The summed E-state index contributed by atoms with van der Waals surface area (Å²) in [5.74, 6) is -1.63. The van der Waals surface area contributed by atoms with E-state index in [1.807, 2.05) is 30.3 Å². The van der Waals surface area contributed by atoms with Gasteiger partial charge in [0.2, 0.25) is 5.91 Å². The molecule has 0 atom stereocenters. The third kappa shape index (κ3) is 4.36. The zero-order chi connectivity index (χ0) is 23.7. The molecule has 5 rings (SSSR count). The van der Waals surface area contributed by atoms with Crippen LogP contribution >= 0.6 is 0 Å². The van der Waals surface area contributed by atoms with Crippen molar-refractivity contribution < 1.29 is 18.7 Å². The van der Waals surface area contributed by atoms with E-state index in [1.165, 1.54) is 18.2 Å². The molecule has 0 unspecified atom stereocenters. The standard InChI is InChI=1S/C27H19F2N3O2/c28-18-11-17(12-19(29)13-18)26-27-23(22-6-1-2-7-24(22)32-27)14-20(31-26)15-30-25(34)9-8-16-4-3-5-21(33)10-16/h1-14,32-33H,15H2,(H,30,34)/b9-8+. The van der Waals surface area contributed by atoms with Crippen LogP contribution in [0, 0.1) is 11.6 Å². The molecule has 0 aliphatic rings. The molecule has 7 heteroatoms. The number of aromatic hydroxyl groups is 1. The summed E-state index contributed by atoms with van der Waals surface area (Å²) in [6.07, 6.45) is 2.95. The number of amides is 1. The lowest BCUT2D eigenvalue weighted by Gasteiger charge is -2.09. The Labute approximate surface area is 193 Å². The molecule has 0 aliphatic heterocycles. The van der Waals surface area contributed by atoms with Crippen LogP contribution in [-0.2, 0) is 11.3 Å². The summed E-state index contributed by atoms with van der Waals surface area (Å²) in [5, 5.41) is 14.1. The van der Waals surface area contributed by atoms with Crippen molar-refractivity contribution in [3.8, 4) is 17.0 Å². The molecular formula is C27H19F2N3O2. The van der Waals surface area contributed by atoms with Gasteiger partial charge in [-0.05, 0) is 48.0 Å². The molecule has 5 aromatic rings. The fourth-order valence-corrected chi connectivity index (χ4v) is 3.93. The number of pyridine rings is 1. The molecule has 0 radical (unpaired) electrons. The Balaban J connectivity index is 1.50. The highest BCUT2D eigenvalue weighted by Gasteiger charge is 2.15. The quantitative estimate of drug-likeness (QED) is 0.298. The maximum Gasteiger partial charge on any atom is 0.244 e. The van der Waals surface area contributed by atoms with Crippen molar-refractivity contribution in [1.29, 1.82) is 0 Å². The molecule has 0 bridgehead atoms. The van der Waals surface area contributed by atoms with Gasteiger partial charge in [0, 0.05) is 34.0 Å². The van der Waals surface area contributed by atoms with Gasteiger partial charge < -0.3 is 15.4 Å². The highest BCUT2D eigenvalue weighted by Crippen LogP contribution is 2.33. The Morgan fingerprint density at radius 3 is 2.56 bits per heavy atom. The Bertz CT molecular complexity index is 1550. The number of hydrogen-bond donors (Lipinski definition) is 3. The van der Waals surface area contributed by atoms with E-state index in [4.69, 9.17) is 0 Å². The van der Waals surface area contributed by atoms with Crippen molar-refractivity contribution in [2.24, 2.45) is 0 Å². The zero-order valence-electron chi connectivity index (χ0n) is 17.8. The summed E-state index contributed by atoms with van der Waals surface area (Å²) >= 11 is 0. The van der Waals surface area contributed by atoms with Crippen LogP contribution in [0.2, 0.25) is 0 Å². The van der Waals surface area contributed by atoms with E-state index in [0.29, 0.717) is 28.0 Å². The minimum Gasteiger partial charge on any atom is -0.508 e. The summed E-state index contributed by atoms with van der Waals surface area (Å²) in [6, 6.07) is 19.3. The molecule has 0 saturated heterocycles. The summed E-state index contributed by atoms with van der Waals surface area (Å²) in [6.45, 7) is 0.115. The number of carbonyl (C=O) groups is 1. The molecular weight excluding hydrogens is 436 g/mol. The number of hydrogen-bond acceptors (Lipinski definition) is 3. The molecule has 0 spiro atoms. The van der Waals surface area contributed by atoms with Gasteiger partial charge in [-0.2, -0.15) is 0 Å². The molecule has 34 heavy (non-hydrogen) atoms. The maximum absolute atomic E-state index is 14.0. The van der Waals surface area contributed by atoms with Crippen LogP contribution in [-0.4, -0.2) is 21.0 Å². The Kier molecular flexibility index (Phi) is 5.51. The van der Waals surface area contributed by atoms with Gasteiger partial charge in [0.25, 0.3) is 0 Å². The van der Waals surface area contributed by atoms with Crippen molar-refractivity contribution in [3.63, 3.8) is 0 Å². The minimum atomic E-state index is -0.697. The van der Waals surface area contributed by atoms with Gasteiger partial charge in [0.05, 0.1) is 23.4 Å². The second kappa shape index (κ2) is 8.78. The van der Waals surface area contributed by atoms with Gasteiger partial charge >= 0.3 is 0 Å². The maximum atomic E-state index is 14.0. The summed E-state index contributed by atoms with van der Waals surface area (Å²) in [4.78, 5) is 20.3. The number of phenols is 1. The van der Waals surface area contributed by atoms with Gasteiger partial charge in [-0.3, -0.25) is 4.79 Å². The molecule has 3 N–H and O–H groups in total. The van der Waals surface area contributed by atoms with E-state index >= 15 is 0 Å². The summed E-state index contributed by atoms with van der Waals surface area (Å²) in [5.41, 5.74) is 3.44. The van der Waals surface area contributed by atoms with Crippen molar-refractivity contribution in [3.05, 3.63) is 102 Å². The first-order valence-corrected chi connectivity index (χ1v) is 10.6. The fourth-order valence-electron chi connectivity index (χ4n) is 3.93. The number of aromatic nitrogens is 2. The third-order valence-corrected chi connectivity index (χ3v) is 5.43. The second-order valence-corrected chi connectivity index (χ2v) is 7.86. The van der Waals surface area contributed by atoms with Gasteiger partial charge in [0.15, 0.2) is 0 Å². The second-order valence-electron chi connectivity index (χ2n) is 7.86. The Morgan fingerprint density at radius 1 is 0.971 bits per heavy atom. The van der Waals surface area contributed by atoms with E-state index in [0.717, 1.165) is 22.4 Å². The number of aromatic amines is 1. The molecule has 1 amide bonds. The number of para-hydroxylation sites is 1. The highest BCUT2D eigenvalue weighted by atomic mass is 19.1. The van der Waals surface area contributed by atoms with Gasteiger partial charge in [-0.15, -0.1) is 0 Å². The first-order chi connectivity index (χ1) is 16.5. The normalized spacial score (nSPS) is 11.5. The molecule has 5 nitrogen and oxygen atoms in total. The lowest BCUT2D eigenvalue weighted by molar-refractivity contribution is -0.116. The topological polar surface area (TPSA) is 78.0 Å². The fraction of sp³-hybridized carbons (Fsp3) is 0.0370. The summed E-state index contributed by atoms with van der Waals surface area (Å²) in [7, 11) is 0. The number of carbonyl (C=O) groups excluding carboxylic acids is 1. The van der Waals surface area contributed by atoms with Gasteiger partial charge in [-0.1, -0.05) is 30.3 Å². The van der Waals surface area contributed by atoms with Gasteiger partial charge in [0.1, 0.15) is 17.4 Å². The van der Waals surface area contributed by atoms with E-state index < -0.39 is 11.6 Å². The molecule has 3 aromatic carbocycles. The molecule has 2 aromatic heterocycles. The van der Waals surface area contributed by atoms with Crippen molar-refractivity contribution in [2.75, 3.05) is 0 Å². The van der Waals surface area contributed by atoms with Crippen LogP contribution in [0.1, 0.15) is 11.3 Å². The number of halogens is 2. The van der Waals surface area contributed by atoms with E-state index in [1.54, 1.807) is 30.3 Å². The van der Waals surface area contributed by atoms with Crippen LogP contribution in [0.25, 0.3) is 39.1 Å². The Hall–Kier alpha value is -4.52. The predicted octanol–water partition coefficient (Wildman–Crippen LogP) is 5.70. The SMILES string of the molecule is O=C(/C=C/c1cccc(O)c1)NCc1cc2c([nH]c3ccccc32)c(-c2cc(F)cc(F)c2)n1. The Morgan fingerprint density at radius 2 is 1.76 bits per heavy atom. The molecule has 0 fully saturated rings. The number of H-pyrrole nitrogens is 1. The number of nitrogens with zero attached hydrogens (tertiary/aromatic N) is 1. The van der Waals surface area contributed by atoms with E-state index in [9.17, 15) is 18.7 Å². The monoisotopic (exact) mass is 455 g/mol. The number of fused-ring (bicyclic) bond motifs is 3. The number of rotatable bonds is 5. The predicted molar refractivity (Wildman–Crippen MR) is 128 cm³/mol. The highest BCUT2D eigenvalue weighted by molar-refractivity contribution is 6.11. The van der Waals surface area contributed by atoms with Gasteiger partial charge in [-0.25, -0.2) is 13.8 Å². The van der Waals surface area contributed by atoms with Crippen LogP contribution in [0.5, 0.6) is 5.75 Å². The average molecular weight is 455 g/mol. The summed E-state index contributed by atoms with van der Waals surface area (Å²) < 4.78 is 27.9. The number of nitrogens with one attached hydrogen (secondary N) is 2. The van der Waals surface area contributed by atoms with E-state index in [-0.39, 0.29) is 18.2 Å². The van der Waals surface area contributed by atoms with E-state index in [2.05, 4.69) is 15.3 Å². The van der Waals surface area contributed by atoms with Crippen LogP contribution in [0.3, 0.4) is 0 Å². The molecule has 0 saturated carbocycles. The zero-order valence-corrected chi connectivity index (χ0v) is 17.8. The first kappa shape index (κ1) is 21.3. The first-order valence-electron chi connectivity index (χ1n) is 10.6. The van der Waals surface area contributed by atoms with Crippen molar-refractivity contribution in [2.45, 2.75) is 6.54 Å². The largest absolute Gasteiger partial charge is 0.508 e. The lowest BCUT2D eigenvalue weighted by atomic mass is 10.1. The smallest absolute Gasteiger partial charge is 0.244 e. The molecule has 168 valence electrons. The number of phenolic OH excluding ortho intramolecular Hbond substituents is 1. The average Bonchev–Trinajstić information content (AvgIpc) is 3.19. The lowest BCUT2D eigenvalue weighted by Crippen LogP contribution is -2.21. The van der Waals surface area contributed by atoms with Crippen molar-refractivity contribution >= 4 is 33.8 Å². The third-order valence-electron chi connectivity index (χ3n) is 5.43. The van der Waals surface area contributed by atoms with Crippen molar-refractivity contribution in [1.82, 2.24) is 15.3 Å².